The molecule has 3 rings (SSSR count). The molecule has 2 N–H and O–H groups in total. The molecule has 1 aliphatic rings. The van der Waals surface area contributed by atoms with Gasteiger partial charge in [0.25, 0.3) is 5.91 Å². The molecule has 0 spiro atoms. The van der Waals surface area contributed by atoms with E-state index in [9.17, 15) is 4.79 Å². The molecule has 0 saturated carbocycles. The van der Waals surface area contributed by atoms with Crippen molar-refractivity contribution in [2.45, 2.75) is 32.7 Å². The summed E-state index contributed by atoms with van der Waals surface area (Å²) in [7, 11) is 0. The summed E-state index contributed by atoms with van der Waals surface area (Å²) in [5.41, 5.74) is 5.42. The van der Waals surface area contributed by atoms with E-state index < -0.39 is 0 Å². The Bertz CT molecular complexity index is 679. The molecule has 2 aromatic rings. The Labute approximate surface area is 125 Å². The van der Waals surface area contributed by atoms with Gasteiger partial charge in [0.1, 0.15) is 6.04 Å². The van der Waals surface area contributed by atoms with Gasteiger partial charge in [0.2, 0.25) is 0 Å². The van der Waals surface area contributed by atoms with Crippen molar-refractivity contribution >= 4 is 17.3 Å². The van der Waals surface area contributed by atoms with Gasteiger partial charge < -0.3 is 10.6 Å². The fourth-order valence-corrected chi connectivity index (χ4v) is 2.83. The summed E-state index contributed by atoms with van der Waals surface area (Å²) < 4.78 is 0. The molecule has 0 aromatic heterocycles. The minimum atomic E-state index is -0.307. The second kappa shape index (κ2) is 5.60. The molecular weight excluding hydrogens is 260 g/mol. The first-order valence-electron chi connectivity index (χ1n) is 7.45. The van der Waals surface area contributed by atoms with Crippen LogP contribution in [0.5, 0.6) is 0 Å². The molecule has 1 atom stereocenters. The average Bonchev–Trinajstić information content (AvgIpc) is 2.77. The zero-order valence-corrected chi connectivity index (χ0v) is 12.4. The van der Waals surface area contributed by atoms with Gasteiger partial charge in [-0.3, -0.25) is 4.79 Å². The predicted molar refractivity (Wildman–Crippen MR) is 86.6 cm³/mol. The van der Waals surface area contributed by atoms with Gasteiger partial charge in [-0.15, -0.1) is 0 Å². The highest BCUT2D eigenvalue weighted by Crippen LogP contribution is 2.34. The van der Waals surface area contributed by atoms with Crippen LogP contribution < -0.4 is 10.6 Å². The molecule has 0 radical (unpaired) electrons. The summed E-state index contributed by atoms with van der Waals surface area (Å²) in [6.45, 7) is 4.21. The number of nitrogens with one attached hydrogen (secondary N) is 2. The minimum Gasteiger partial charge on any atom is -0.370 e. The SMILES string of the molecule is CCCc1ccccc1NC1C(=O)Nc2ccc(C)cc21. The van der Waals surface area contributed by atoms with E-state index in [-0.39, 0.29) is 11.9 Å². The molecule has 3 heteroatoms. The summed E-state index contributed by atoms with van der Waals surface area (Å²) in [6, 6.07) is 14.0. The smallest absolute Gasteiger partial charge is 0.251 e. The Morgan fingerprint density at radius 2 is 2.00 bits per heavy atom. The highest BCUT2D eigenvalue weighted by molar-refractivity contribution is 6.04. The molecule has 2 aromatic carbocycles. The molecule has 0 saturated heterocycles. The van der Waals surface area contributed by atoms with Crippen LogP contribution in [0.1, 0.15) is 36.1 Å². The molecule has 108 valence electrons. The Morgan fingerprint density at radius 3 is 2.81 bits per heavy atom. The van der Waals surface area contributed by atoms with E-state index in [4.69, 9.17) is 0 Å². The van der Waals surface area contributed by atoms with Crippen LogP contribution in [0.15, 0.2) is 42.5 Å². The Kier molecular flexibility index (Phi) is 3.65. The predicted octanol–water partition coefficient (Wildman–Crippen LogP) is 4.05. The third kappa shape index (κ3) is 2.64. The van der Waals surface area contributed by atoms with Crippen molar-refractivity contribution in [1.82, 2.24) is 0 Å². The number of anilines is 2. The van der Waals surface area contributed by atoms with E-state index in [1.54, 1.807) is 0 Å². The van der Waals surface area contributed by atoms with E-state index in [0.717, 1.165) is 29.8 Å². The van der Waals surface area contributed by atoms with E-state index in [0.29, 0.717) is 0 Å². The zero-order chi connectivity index (χ0) is 14.8. The van der Waals surface area contributed by atoms with E-state index >= 15 is 0 Å². The van der Waals surface area contributed by atoms with Crippen molar-refractivity contribution in [2.75, 3.05) is 10.6 Å². The maximum Gasteiger partial charge on any atom is 0.251 e. The molecule has 0 bridgehead atoms. The molecule has 0 fully saturated rings. The zero-order valence-electron chi connectivity index (χ0n) is 12.4. The van der Waals surface area contributed by atoms with Crippen LogP contribution in [0.3, 0.4) is 0 Å². The van der Waals surface area contributed by atoms with Crippen LogP contribution in [-0.4, -0.2) is 5.91 Å². The van der Waals surface area contributed by atoms with Crippen LogP contribution in [-0.2, 0) is 11.2 Å². The lowest BCUT2D eigenvalue weighted by molar-refractivity contribution is -0.116. The number of fused-ring (bicyclic) bond motifs is 1. The summed E-state index contributed by atoms with van der Waals surface area (Å²) in [5.74, 6) is 0.0156. The summed E-state index contributed by atoms with van der Waals surface area (Å²) in [5, 5.41) is 6.36. The van der Waals surface area contributed by atoms with Crippen LogP contribution in [0.2, 0.25) is 0 Å². The standard InChI is InChI=1S/C18H20N2O/c1-3-6-13-7-4-5-8-15(13)19-17-14-11-12(2)9-10-16(14)20-18(17)21/h4-5,7-11,17,19H,3,6H2,1-2H3,(H,20,21). The van der Waals surface area contributed by atoms with Crippen LogP contribution in [0.25, 0.3) is 0 Å². The van der Waals surface area contributed by atoms with Crippen molar-refractivity contribution in [3.8, 4) is 0 Å². The highest BCUT2D eigenvalue weighted by Gasteiger charge is 2.30. The van der Waals surface area contributed by atoms with Crippen LogP contribution in [0, 0.1) is 6.92 Å². The number of carbonyl (C=O) groups excluding carboxylic acids is 1. The molecule has 1 unspecified atom stereocenters. The topological polar surface area (TPSA) is 41.1 Å². The third-order valence-corrected chi connectivity index (χ3v) is 3.87. The molecule has 1 heterocycles. The monoisotopic (exact) mass is 280 g/mol. The molecule has 1 amide bonds. The first-order valence-corrected chi connectivity index (χ1v) is 7.45. The number of carbonyl (C=O) groups is 1. The van der Waals surface area contributed by atoms with Crippen molar-refractivity contribution in [1.29, 1.82) is 0 Å². The maximum absolute atomic E-state index is 12.2. The highest BCUT2D eigenvalue weighted by atomic mass is 16.2. The first kappa shape index (κ1) is 13.7. The second-order valence-electron chi connectivity index (χ2n) is 5.56. The lowest BCUT2D eigenvalue weighted by atomic mass is 10.0. The Balaban J connectivity index is 1.93. The van der Waals surface area contributed by atoms with Gasteiger partial charge in [-0.1, -0.05) is 49.2 Å². The summed E-state index contributed by atoms with van der Waals surface area (Å²) >= 11 is 0. The van der Waals surface area contributed by atoms with Gasteiger partial charge in [0.05, 0.1) is 0 Å². The molecule has 0 aliphatic carbocycles. The van der Waals surface area contributed by atoms with Crippen molar-refractivity contribution in [2.24, 2.45) is 0 Å². The molecule has 1 aliphatic heterocycles. The van der Waals surface area contributed by atoms with Gasteiger partial charge >= 0.3 is 0 Å². The molecular formula is C18H20N2O. The Morgan fingerprint density at radius 1 is 1.19 bits per heavy atom. The number of amides is 1. The number of rotatable bonds is 4. The summed E-state index contributed by atoms with van der Waals surface area (Å²) in [6.07, 6.45) is 2.10. The lowest BCUT2D eigenvalue weighted by Gasteiger charge is -2.16. The van der Waals surface area contributed by atoms with Gasteiger partial charge in [-0.05, 0) is 31.0 Å². The summed E-state index contributed by atoms with van der Waals surface area (Å²) in [4.78, 5) is 12.2. The number of benzene rings is 2. The van der Waals surface area contributed by atoms with Gasteiger partial charge in [-0.25, -0.2) is 0 Å². The van der Waals surface area contributed by atoms with Crippen molar-refractivity contribution in [3.63, 3.8) is 0 Å². The normalized spacial score (nSPS) is 16.5. The quantitative estimate of drug-likeness (QED) is 0.887. The van der Waals surface area contributed by atoms with E-state index in [2.05, 4.69) is 29.7 Å². The van der Waals surface area contributed by atoms with Crippen LogP contribution >= 0.6 is 0 Å². The van der Waals surface area contributed by atoms with Crippen molar-refractivity contribution in [3.05, 3.63) is 59.2 Å². The number of hydrogen-bond donors (Lipinski definition) is 2. The van der Waals surface area contributed by atoms with Gasteiger partial charge in [-0.2, -0.15) is 0 Å². The van der Waals surface area contributed by atoms with Gasteiger partial charge in [0, 0.05) is 16.9 Å². The van der Waals surface area contributed by atoms with Crippen molar-refractivity contribution < 1.29 is 4.79 Å². The van der Waals surface area contributed by atoms with E-state index in [1.807, 2.05) is 37.3 Å². The fraction of sp³-hybridized carbons (Fsp3) is 0.278. The first-order chi connectivity index (χ1) is 10.2. The Hall–Kier alpha value is -2.29. The van der Waals surface area contributed by atoms with E-state index in [1.165, 1.54) is 11.1 Å². The third-order valence-electron chi connectivity index (χ3n) is 3.87. The molecule has 3 nitrogen and oxygen atoms in total. The van der Waals surface area contributed by atoms with Gasteiger partial charge in [0.15, 0.2) is 0 Å². The number of para-hydroxylation sites is 1. The largest absolute Gasteiger partial charge is 0.370 e. The number of hydrogen-bond acceptors (Lipinski definition) is 2. The van der Waals surface area contributed by atoms with Crippen LogP contribution in [0.4, 0.5) is 11.4 Å². The fourth-order valence-electron chi connectivity index (χ4n) is 2.83. The second-order valence-corrected chi connectivity index (χ2v) is 5.56. The lowest BCUT2D eigenvalue weighted by Crippen LogP contribution is -2.20. The average molecular weight is 280 g/mol. The number of aryl methyl sites for hydroxylation is 2. The maximum atomic E-state index is 12.2. The molecule has 21 heavy (non-hydrogen) atoms. The minimum absolute atomic E-state index is 0.0156.